The van der Waals surface area contributed by atoms with Crippen LogP contribution in [0.15, 0.2) is 0 Å². The minimum atomic E-state index is -0.228. The highest BCUT2D eigenvalue weighted by molar-refractivity contribution is 8.00. The number of carbonyl (C=O) groups excluding carboxylic acids is 1. The average Bonchev–Trinajstić information content (AvgIpc) is 2.54. The van der Waals surface area contributed by atoms with Crippen molar-refractivity contribution in [2.45, 2.75) is 63.7 Å². The van der Waals surface area contributed by atoms with E-state index in [1.54, 1.807) is 0 Å². The van der Waals surface area contributed by atoms with Crippen molar-refractivity contribution in [2.24, 2.45) is 11.3 Å². The minimum absolute atomic E-state index is 0.228. The maximum absolute atomic E-state index is 13.2. The van der Waals surface area contributed by atoms with E-state index in [1.165, 1.54) is 25.7 Å². The fraction of sp³-hybridized carbons (Fsp3) is 0.941. The van der Waals surface area contributed by atoms with E-state index in [4.69, 9.17) is 4.74 Å². The summed E-state index contributed by atoms with van der Waals surface area (Å²) in [5.41, 5.74) is -0.228. The molecule has 0 unspecified atom stereocenters. The molecule has 2 saturated heterocycles. The van der Waals surface area contributed by atoms with Gasteiger partial charge in [-0.1, -0.05) is 26.7 Å². The van der Waals surface area contributed by atoms with Gasteiger partial charge in [-0.3, -0.25) is 4.79 Å². The third-order valence-corrected chi connectivity index (χ3v) is 7.18. The smallest absolute Gasteiger partial charge is 0.228 e. The van der Waals surface area contributed by atoms with Crippen molar-refractivity contribution in [1.82, 2.24) is 4.90 Å². The summed E-state index contributed by atoms with van der Waals surface area (Å²) in [5.74, 6) is 2.01. The molecule has 0 N–H and O–H groups in total. The van der Waals surface area contributed by atoms with E-state index >= 15 is 0 Å². The highest BCUT2D eigenvalue weighted by Gasteiger charge is 2.44. The van der Waals surface area contributed by atoms with E-state index in [0.29, 0.717) is 23.1 Å². The highest BCUT2D eigenvalue weighted by Crippen LogP contribution is 2.41. The van der Waals surface area contributed by atoms with Crippen LogP contribution in [-0.4, -0.2) is 47.6 Å². The first kappa shape index (κ1) is 15.7. The molecule has 0 aromatic carbocycles. The van der Waals surface area contributed by atoms with E-state index in [-0.39, 0.29) is 5.41 Å². The molecule has 3 fully saturated rings. The molecule has 0 bridgehead atoms. The van der Waals surface area contributed by atoms with Gasteiger partial charge in [0.2, 0.25) is 5.91 Å². The standard InChI is InChI=1S/C17H29NO2S/c1-17(2,13-7-10-20-11-8-13)16(19)18-9-12-21-15-6-4-3-5-14(15)18/h13-15H,3-12H2,1-2H3/t14-,15+/m1/s1. The largest absolute Gasteiger partial charge is 0.381 e. The van der Waals surface area contributed by atoms with Crippen molar-refractivity contribution in [3.05, 3.63) is 0 Å². The van der Waals surface area contributed by atoms with Crippen molar-refractivity contribution < 1.29 is 9.53 Å². The second kappa shape index (κ2) is 6.49. The van der Waals surface area contributed by atoms with Crippen LogP contribution in [0.25, 0.3) is 0 Å². The Morgan fingerprint density at radius 3 is 2.62 bits per heavy atom. The second-order valence-corrected chi connectivity index (χ2v) is 8.72. The van der Waals surface area contributed by atoms with Crippen molar-refractivity contribution >= 4 is 17.7 Å². The van der Waals surface area contributed by atoms with Gasteiger partial charge in [0.25, 0.3) is 0 Å². The highest BCUT2D eigenvalue weighted by atomic mass is 32.2. The van der Waals surface area contributed by atoms with Gasteiger partial charge < -0.3 is 9.64 Å². The minimum Gasteiger partial charge on any atom is -0.381 e. The molecule has 3 aliphatic rings. The first-order chi connectivity index (χ1) is 10.1. The van der Waals surface area contributed by atoms with Crippen molar-refractivity contribution in [3.8, 4) is 0 Å². The molecule has 1 aliphatic carbocycles. The van der Waals surface area contributed by atoms with Gasteiger partial charge in [0.15, 0.2) is 0 Å². The lowest BCUT2D eigenvalue weighted by atomic mass is 9.73. The Morgan fingerprint density at radius 1 is 1.14 bits per heavy atom. The zero-order valence-electron chi connectivity index (χ0n) is 13.5. The number of amides is 1. The van der Waals surface area contributed by atoms with Gasteiger partial charge in [-0.05, 0) is 31.6 Å². The zero-order valence-corrected chi connectivity index (χ0v) is 14.3. The number of hydrogen-bond acceptors (Lipinski definition) is 3. The van der Waals surface area contributed by atoms with Crippen molar-refractivity contribution in [2.75, 3.05) is 25.5 Å². The van der Waals surface area contributed by atoms with Crippen LogP contribution in [0, 0.1) is 11.3 Å². The van der Waals surface area contributed by atoms with Crippen LogP contribution >= 0.6 is 11.8 Å². The molecule has 2 aliphatic heterocycles. The molecular formula is C17H29NO2S. The molecule has 120 valence electrons. The summed E-state index contributed by atoms with van der Waals surface area (Å²) in [6, 6.07) is 0.504. The average molecular weight is 311 g/mol. The Labute approximate surface area is 133 Å². The SMILES string of the molecule is CC(C)(C(=O)N1CCS[C@H]2CCCC[C@H]21)C1CCOCC1. The molecular weight excluding hydrogens is 282 g/mol. The third kappa shape index (κ3) is 3.12. The molecule has 21 heavy (non-hydrogen) atoms. The summed E-state index contributed by atoms with van der Waals surface area (Å²) in [4.78, 5) is 15.5. The molecule has 0 aromatic heterocycles. The van der Waals surface area contributed by atoms with Gasteiger partial charge in [0, 0.05) is 42.2 Å². The Balaban J connectivity index is 1.72. The van der Waals surface area contributed by atoms with E-state index in [1.807, 2.05) is 0 Å². The van der Waals surface area contributed by atoms with Gasteiger partial charge >= 0.3 is 0 Å². The fourth-order valence-corrected chi connectivity index (χ4v) is 5.76. The number of carbonyl (C=O) groups is 1. The van der Waals surface area contributed by atoms with Crippen LogP contribution in [0.2, 0.25) is 0 Å². The van der Waals surface area contributed by atoms with Crippen LogP contribution in [0.4, 0.5) is 0 Å². The molecule has 0 spiro atoms. The molecule has 3 nitrogen and oxygen atoms in total. The van der Waals surface area contributed by atoms with E-state index in [2.05, 4.69) is 30.5 Å². The molecule has 2 atom stereocenters. The predicted molar refractivity (Wildman–Crippen MR) is 87.5 cm³/mol. The summed E-state index contributed by atoms with van der Waals surface area (Å²) in [6.07, 6.45) is 7.23. The predicted octanol–water partition coefficient (Wildman–Crippen LogP) is 3.33. The molecule has 0 radical (unpaired) electrons. The summed E-state index contributed by atoms with van der Waals surface area (Å²) < 4.78 is 5.48. The number of ether oxygens (including phenoxy) is 1. The maximum Gasteiger partial charge on any atom is 0.228 e. The number of thioether (sulfide) groups is 1. The van der Waals surface area contributed by atoms with Gasteiger partial charge in [-0.2, -0.15) is 11.8 Å². The summed E-state index contributed by atoms with van der Waals surface area (Å²) in [7, 11) is 0. The quantitative estimate of drug-likeness (QED) is 0.783. The van der Waals surface area contributed by atoms with Gasteiger partial charge in [-0.15, -0.1) is 0 Å². The molecule has 2 heterocycles. The van der Waals surface area contributed by atoms with E-state index in [9.17, 15) is 4.79 Å². The Morgan fingerprint density at radius 2 is 1.86 bits per heavy atom. The maximum atomic E-state index is 13.2. The van der Waals surface area contributed by atoms with E-state index in [0.717, 1.165) is 38.4 Å². The molecule has 4 heteroatoms. The Kier molecular flexibility index (Phi) is 4.84. The van der Waals surface area contributed by atoms with Crippen molar-refractivity contribution in [3.63, 3.8) is 0 Å². The number of nitrogens with zero attached hydrogens (tertiary/aromatic N) is 1. The number of hydrogen-bond donors (Lipinski definition) is 0. The number of rotatable bonds is 2. The second-order valence-electron chi connectivity index (χ2n) is 7.37. The normalized spacial score (nSPS) is 31.8. The molecule has 0 aromatic rings. The van der Waals surface area contributed by atoms with Crippen molar-refractivity contribution in [1.29, 1.82) is 0 Å². The third-order valence-electron chi connectivity index (χ3n) is 5.79. The van der Waals surface area contributed by atoms with Crippen LogP contribution < -0.4 is 0 Å². The number of fused-ring (bicyclic) bond motifs is 1. The van der Waals surface area contributed by atoms with E-state index < -0.39 is 0 Å². The lowest BCUT2D eigenvalue weighted by Crippen LogP contribution is -2.56. The van der Waals surface area contributed by atoms with Crippen LogP contribution in [0.1, 0.15) is 52.4 Å². The van der Waals surface area contributed by atoms with Crippen LogP contribution in [0.5, 0.6) is 0 Å². The zero-order chi connectivity index (χ0) is 14.9. The Hall–Kier alpha value is -0.220. The fourth-order valence-electron chi connectivity index (χ4n) is 4.31. The summed E-state index contributed by atoms with van der Waals surface area (Å²) >= 11 is 2.10. The lowest BCUT2D eigenvalue weighted by molar-refractivity contribution is -0.148. The first-order valence-electron chi connectivity index (χ1n) is 8.61. The van der Waals surface area contributed by atoms with Gasteiger partial charge in [0.05, 0.1) is 0 Å². The Bertz CT molecular complexity index is 377. The molecule has 1 amide bonds. The summed E-state index contributed by atoms with van der Waals surface area (Å²) in [6.45, 7) is 6.94. The van der Waals surface area contributed by atoms with Gasteiger partial charge in [0.1, 0.15) is 0 Å². The van der Waals surface area contributed by atoms with Crippen LogP contribution in [-0.2, 0) is 9.53 Å². The topological polar surface area (TPSA) is 29.5 Å². The summed E-state index contributed by atoms with van der Waals surface area (Å²) in [5, 5.41) is 0.696. The molecule has 1 saturated carbocycles. The molecule has 3 rings (SSSR count). The first-order valence-corrected chi connectivity index (χ1v) is 9.66. The lowest BCUT2D eigenvalue weighted by Gasteiger charge is -2.48. The monoisotopic (exact) mass is 311 g/mol. The van der Waals surface area contributed by atoms with Gasteiger partial charge in [-0.25, -0.2) is 0 Å². The van der Waals surface area contributed by atoms with Crippen LogP contribution in [0.3, 0.4) is 0 Å².